The molecule has 6 rings (SSSR count). The Bertz CT molecular complexity index is 2140. The standard InChI is InChI=1S/C44H55N9O7/c1-26-27(2)36(40(55)46-34-20-22-53(23-21-34)43(58)59)19-18-35(26)30-10-6-28(7-11-30)24-37(41(56)47-33-16-14-31(15-17-33)38-49-51-52-50-38)48-39(54)32-12-8-29(9-13-32)25-45-42(57)60-44(3,4)5/h6-7,10-11,14-19,29,32,34,37H,8-9,12-13,20-25H2,1-5H3,(H,45,57)(H,46,55)(H,47,56)(H,48,54)(H,58,59)(H,49,50,51,52)/t29-,32-,37-/m0/s1. The van der Waals surface area contributed by atoms with E-state index in [1.807, 2.05) is 71.0 Å². The van der Waals surface area contributed by atoms with Crippen LogP contribution in [0.5, 0.6) is 0 Å². The first-order valence-electron chi connectivity index (χ1n) is 20.5. The largest absolute Gasteiger partial charge is 0.465 e. The number of aromatic nitrogens is 4. The zero-order chi connectivity index (χ0) is 43.0. The number of H-pyrrole nitrogens is 1. The first kappa shape index (κ1) is 43.3. The Morgan fingerprint density at radius 2 is 1.53 bits per heavy atom. The van der Waals surface area contributed by atoms with Crippen molar-refractivity contribution in [1.29, 1.82) is 0 Å². The first-order chi connectivity index (χ1) is 28.6. The van der Waals surface area contributed by atoms with E-state index in [1.165, 1.54) is 4.90 Å². The molecule has 6 N–H and O–H groups in total. The molecule has 2 fully saturated rings. The van der Waals surface area contributed by atoms with Gasteiger partial charge in [0.25, 0.3) is 5.91 Å². The Hall–Kier alpha value is -6.32. The van der Waals surface area contributed by atoms with Crippen LogP contribution in [0.15, 0.2) is 60.7 Å². The van der Waals surface area contributed by atoms with Gasteiger partial charge in [-0.15, -0.1) is 10.2 Å². The predicted molar refractivity (Wildman–Crippen MR) is 225 cm³/mol. The van der Waals surface area contributed by atoms with Gasteiger partial charge in [0, 0.05) is 54.8 Å². The number of piperidine rings is 1. The van der Waals surface area contributed by atoms with E-state index in [4.69, 9.17) is 4.74 Å². The summed E-state index contributed by atoms with van der Waals surface area (Å²) in [5, 5.41) is 35.2. The topological polar surface area (TPSA) is 221 Å². The van der Waals surface area contributed by atoms with Crippen LogP contribution in [0.1, 0.15) is 86.3 Å². The lowest BCUT2D eigenvalue weighted by molar-refractivity contribution is -0.130. The van der Waals surface area contributed by atoms with Crippen molar-refractivity contribution >= 4 is 35.6 Å². The van der Waals surface area contributed by atoms with Crippen LogP contribution in [0, 0.1) is 25.7 Å². The smallest absolute Gasteiger partial charge is 0.407 e. The summed E-state index contributed by atoms with van der Waals surface area (Å²) in [6, 6.07) is 17.7. The molecule has 16 nitrogen and oxygen atoms in total. The van der Waals surface area contributed by atoms with Crippen LogP contribution >= 0.6 is 0 Å². The first-order valence-corrected chi connectivity index (χ1v) is 20.5. The van der Waals surface area contributed by atoms with Gasteiger partial charge in [-0.3, -0.25) is 14.4 Å². The lowest BCUT2D eigenvalue weighted by atomic mass is 9.81. The van der Waals surface area contributed by atoms with Gasteiger partial charge in [-0.25, -0.2) is 9.59 Å². The molecule has 3 aromatic carbocycles. The van der Waals surface area contributed by atoms with E-state index in [1.54, 1.807) is 24.3 Å². The summed E-state index contributed by atoms with van der Waals surface area (Å²) in [5.41, 5.74) is 5.84. The van der Waals surface area contributed by atoms with Crippen LogP contribution in [-0.2, 0) is 20.7 Å². The number of tetrazole rings is 1. The van der Waals surface area contributed by atoms with E-state index in [2.05, 4.69) is 41.9 Å². The number of likely N-dealkylation sites (tertiary alicyclic amines) is 1. The second-order valence-corrected chi connectivity index (χ2v) is 16.8. The number of benzene rings is 3. The number of nitrogens with one attached hydrogen (secondary N) is 5. The van der Waals surface area contributed by atoms with Gasteiger partial charge < -0.3 is 36.0 Å². The van der Waals surface area contributed by atoms with Crippen LogP contribution in [0.4, 0.5) is 15.3 Å². The third-order valence-corrected chi connectivity index (χ3v) is 11.4. The van der Waals surface area contributed by atoms with E-state index in [-0.39, 0.29) is 42.0 Å². The number of anilines is 1. The van der Waals surface area contributed by atoms with Crippen LogP contribution in [0.2, 0.25) is 0 Å². The fourth-order valence-corrected chi connectivity index (χ4v) is 7.80. The summed E-state index contributed by atoms with van der Waals surface area (Å²) in [5.74, 6) is -0.331. The maximum atomic E-state index is 13.9. The molecule has 16 heteroatoms. The van der Waals surface area contributed by atoms with Gasteiger partial charge in [0.15, 0.2) is 0 Å². The number of amides is 5. The number of hydrogen-bond acceptors (Lipinski definition) is 9. The summed E-state index contributed by atoms with van der Waals surface area (Å²) >= 11 is 0. The van der Waals surface area contributed by atoms with Gasteiger partial charge in [0.05, 0.1) is 0 Å². The average molecular weight is 822 g/mol. The second kappa shape index (κ2) is 19.2. The third kappa shape index (κ3) is 11.4. The lowest BCUT2D eigenvalue weighted by Crippen LogP contribution is -2.48. The molecular formula is C44H55N9O7. The molecule has 2 aliphatic rings. The predicted octanol–water partition coefficient (Wildman–Crippen LogP) is 6.02. The normalized spacial score (nSPS) is 17.6. The highest BCUT2D eigenvalue weighted by Crippen LogP contribution is 2.31. The number of alkyl carbamates (subject to hydrolysis) is 1. The zero-order valence-electron chi connectivity index (χ0n) is 34.8. The number of aromatic amines is 1. The summed E-state index contributed by atoms with van der Waals surface area (Å²) in [7, 11) is 0. The zero-order valence-corrected chi connectivity index (χ0v) is 34.8. The fraction of sp³-hybridized carbons (Fsp3) is 0.455. The summed E-state index contributed by atoms with van der Waals surface area (Å²) in [6.45, 7) is 10.6. The highest BCUT2D eigenvalue weighted by molar-refractivity contribution is 5.98. The average Bonchev–Trinajstić information content (AvgIpc) is 3.77. The summed E-state index contributed by atoms with van der Waals surface area (Å²) in [6.07, 6.45) is 2.79. The van der Waals surface area contributed by atoms with E-state index < -0.39 is 23.8 Å². The maximum Gasteiger partial charge on any atom is 0.407 e. The molecule has 0 spiro atoms. The van der Waals surface area contributed by atoms with Crippen LogP contribution in [0.25, 0.3) is 22.5 Å². The number of ether oxygens (including phenoxy) is 1. The molecule has 1 aromatic heterocycles. The fourth-order valence-electron chi connectivity index (χ4n) is 7.80. The monoisotopic (exact) mass is 821 g/mol. The highest BCUT2D eigenvalue weighted by Gasteiger charge is 2.31. The van der Waals surface area contributed by atoms with Gasteiger partial charge in [0.1, 0.15) is 11.6 Å². The van der Waals surface area contributed by atoms with Crippen molar-refractivity contribution < 1.29 is 33.8 Å². The maximum absolute atomic E-state index is 13.9. The van der Waals surface area contributed by atoms with Crippen molar-refractivity contribution in [2.45, 2.75) is 97.2 Å². The van der Waals surface area contributed by atoms with Crippen LogP contribution in [-0.4, -0.2) is 97.9 Å². The van der Waals surface area contributed by atoms with Crippen molar-refractivity contribution in [2.75, 3.05) is 25.0 Å². The van der Waals surface area contributed by atoms with E-state index in [9.17, 15) is 29.1 Å². The van der Waals surface area contributed by atoms with Crippen molar-refractivity contribution in [1.82, 2.24) is 41.5 Å². The molecule has 1 saturated carbocycles. The minimum atomic E-state index is -0.940. The van der Waals surface area contributed by atoms with Crippen molar-refractivity contribution in [2.24, 2.45) is 11.8 Å². The van der Waals surface area contributed by atoms with Gasteiger partial charge in [0.2, 0.25) is 17.6 Å². The molecule has 5 amide bonds. The molecule has 0 bridgehead atoms. The SMILES string of the molecule is Cc1c(C(=O)NC2CCN(C(=O)O)CC2)ccc(-c2ccc(C[C@H](NC(=O)[C@H]3CC[C@H](CNC(=O)OC(C)(C)C)CC3)C(=O)Nc3ccc(-c4nn[nH]n4)cc3)cc2)c1C. The molecular weight excluding hydrogens is 767 g/mol. The number of carbonyl (C=O) groups excluding carboxylic acids is 4. The molecule has 4 aromatic rings. The Morgan fingerprint density at radius 1 is 0.867 bits per heavy atom. The van der Waals surface area contributed by atoms with E-state index >= 15 is 0 Å². The van der Waals surface area contributed by atoms with Crippen molar-refractivity contribution in [3.8, 4) is 22.5 Å². The lowest BCUT2D eigenvalue weighted by Gasteiger charge is -2.30. The molecule has 318 valence electrons. The highest BCUT2D eigenvalue weighted by atomic mass is 16.6. The third-order valence-electron chi connectivity index (χ3n) is 11.4. The number of nitrogens with zero attached hydrogens (tertiary/aromatic N) is 4. The number of carbonyl (C=O) groups is 5. The second-order valence-electron chi connectivity index (χ2n) is 16.8. The minimum Gasteiger partial charge on any atom is -0.465 e. The number of rotatable bonds is 12. The quantitative estimate of drug-likeness (QED) is 0.0976. The molecule has 0 radical (unpaired) electrons. The van der Waals surface area contributed by atoms with Crippen molar-refractivity contribution in [3.63, 3.8) is 0 Å². The van der Waals surface area contributed by atoms with Crippen LogP contribution in [0.3, 0.4) is 0 Å². The Kier molecular flexibility index (Phi) is 13.8. The minimum absolute atomic E-state index is 0.0890. The number of hydrogen-bond donors (Lipinski definition) is 6. The molecule has 1 aliphatic heterocycles. The summed E-state index contributed by atoms with van der Waals surface area (Å²) in [4.78, 5) is 65.7. The van der Waals surface area contributed by atoms with Gasteiger partial charge >= 0.3 is 12.2 Å². The molecule has 2 heterocycles. The number of carboxylic acid groups (broad SMARTS) is 1. The molecule has 1 atom stereocenters. The Balaban J connectivity index is 1.11. The Labute approximate surface area is 349 Å². The van der Waals surface area contributed by atoms with Crippen LogP contribution < -0.4 is 21.3 Å². The molecule has 0 unspecified atom stereocenters. The Morgan fingerprint density at radius 3 is 2.15 bits per heavy atom. The molecule has 1 saturated heterocycles. The molecule has 1 aliphatic carbocycles. The van der Waals surface area contributed by atoms with E-state index in [0.29, 0.717) is 62.4 Å². The van der Waals surface area contributed by atoms with E-state index in [0.717, 1.165) is 46.2 Å². The summed E-state index contributed by atoms with van der Waals surface area (Å²) < 4.78 is 5.36. The molecule has 60 heavy (non-hydrogen) atoms. The van der Waals surface area contributed by atoms with Gasteiger partial charge in [-0.1, -0.05) is 30.3 Å². The van der Waals surface area contributed by atoms with Gasteiger partial charge in [-0.2, -0.15) is 5.21 Å². The van der Waals surface area contributed by atoms with Gasteiger partial charge in [-0.05, 0) is 142 Å². The van der Waals surface area contributed by atoms with Crippen molar-refractivity contribution in [3.05, 3.63) is 82.9 Å².